The van der Waals surface area contributed by atoms with Crippen LogP contribution in [-0.4, -0.2) is 23.0 Å². The molecule has 6 heteroatoms. The first-order valence-corrected chi connectivity index (χ1v) is 5.04. The van der Waals surface area contributed by atoms with Gasteiger partial charge in [0.1, 0.15) is 5.82 Å². The number of rotatable bonds is 2. The summed E-state index contributed by atoms with van der Waals surface area (Å²) in [6.45, 7) is 0. The van der Waals surface area contributed by atoms with Crippen LogP contribution < -0.4 is 5.56 Å². The van der Waals surface area contributed by atoms with Crippen molar-refractivity contribution in [3.05, 3.63) is 52.5 Å². The fourth-order valence-corrected chi connectivity index (χ4v) is 1.53. The minimum atomic E-state index is -0.670. The molecule has 0 aliphatic carbocycles. The average Bonchev–Trinajstić information content (AvgIpc) is 2.37. The molecule has 0 bridgehead atoms. The molecular weight excluding hydrogens is 239 g/mol. The van der Waals surface area contributed by atoms with E-state index in [1.54, 1.807) is 0 Å². The van der Waals surface area contributed by atoms with Crippen LogP contribution in [0.4, 0.5) is 4.39 Å². The van der Waals surface area contributed by atoms with Crippen molar-refractivity contribution in [1.29, 1.82) is 0 Å². The number of benzene rings is 1. The highest BCUT2D eigenvalue weighted by Gasteiger charge is 2.11. The molecule has 0 saturated heterocycles. The number of H-pyrrole nitrogens is 1. The number of nitrogens with zero attached hydrogens (tertiary/aromatic N) is 1. The van der Waals surface area contributed by atoms with Crippen molar-refractivity contribution < 1.29 is 13.9 Å². The Bertz CT molecular complexity index is 652. The molecular formula is C12H9FN2O3. The molecule has 0 aliphatic rings. The predicted octanol–water partition coefficient (Wildman–Crippen LogP) is 1.36. The third-order valence-electron chi connectivity index (χ3n) is 2.35. The lowest BCUT2D eigenvalue weighted by molar-refractivity contribution is 0.0600. The van der Waals surface area contributed by atoms with Crippen molar-refractivity contribution in [2.75, 3.05) is 7.11 Å². The smallest absolute Gasteiger partial charge is 0.337 e. The van der Waals surface area contributed by atoms with Crippen LogP contribution in [0.15, 0.2) is 35.5 Å². The molecule has 0 fully saturated rings. The SMILES string of the molecule is COC(=O)c1cc(F)cc(-c2cnc[nH]c2=O)c1. The molecule has 5 nitrogen and oxygen atoms in total. The zero-order valence-electron chi connectivity index (χ0n) is 9.44. The van der Waals surface area contributed by atoms with Crippen LogP contribution >= 0.6 is 0 Å². The Morgan fingerprint density at radius 3 is 2.83 bits per heavy atom. The van der Waals surface area contributed by atoms with Gasteiger partial charge in [-0.05, 0) is 23.8 Å². The molecule has 0 unspecified atom stereocenters. The van der Waals surface area contributed by atoms with Gasteiger partial charge in [0.25, 0.3) is 5.56 Å². The molecule has 2 aromatic rings. The van der Waals surface area contributed by atoms with Crippen molar-refractivity contribution in [3.63, 3.8) is 0 Å². The normalized spacial score (nSPS) is 10.1. The Labute approximate surface area is 101 Å². The van der Waals surface area contributed by atoms with E-state index in [4.69, 9.17) is 0 Å². The molecule has 2 rings (SSSR count). The topological polar surface area (TPSA) is 72.0 Å². The molecule has 0 spiro atoms. The van der Waals surface area contributed by atoms with E-state index in [0.717, 1.165) is 12.1 Å². The summed E-state index contributed by atoms with van der Waals surface area (Å²) in [6.07, 6.45) is 2.53. The van der Waals surface area contributed by atoms with Crippen molar-refractivity contribution in [2.45, 2.75) is 0 Å². The molecule has 92 valence electrons. The van der Waals surface area contributed by atoms with Crippen LogP contribution in [0.25, 0.3) is 11.1 Å². The fraction of sp³-hybridized carbons (Fsp3) is 0.0833. The molecule has 18 heavy (non-hydrogen) atoms. The lowest BCUT2D eigenvalue weighted by Gasteiger charge is -2.04. The summed E-state index contributed by atoms with van der Waals surface area (Å²) >= 11 is 0. The number of methoxy groups -OCH3 is 1. The summed E-state index contributed by atoms with van der Waals surface area (Å²) in [6, 6.07) is 3.57. The highest BCUT2D eigenvalue weighted by Crippen LogP contribution is 2.18. The van der Waals surface area contributed by atoms with Gasteiger partial charge in [0.2, 0.25) is 0 Å². The van der Waals surface area contributed by atoms with E-state index in [1.165, 1.54) is 25.7 Å². The van der Waals surface area contributed by atoms with E-state index in [0.29, 0.717) is 0 Å². The number of aromatic nitrogens is 2. The Balaban J connectivity index is 2.59. The van der Waals surface area contributed by atoms with E-state index in [9.17, 15) is 14.0 Å². The van der Waals surface area contributed by atoms with E-state index in [1.807, 2.05) is 0 Å². The minimum Gasteiger partial charge on any atom is -0.465 e. The minimum absolute atomic E-state index is 0.0377. The molecule has 0 radical (unpaired) electrons. The van der Waals surface area contributed by atoms with Gasteiger partial charge >= 0.3 is 5.97 Å². The molecule has 1 N–H and O–H groups in total. The van der Waals surface area contributed by atoms with Crippen molar-refractivity contribution in [1.82, 2.24) is 9.97 Å². The summed E-state index contributed by atoms with van der Waals surface area (Å²) in [4.78, 5) is 29.0. The van der Waals surface area contributed by atoms with E-state index in [-0.39, 0.29) is 16.7 Å². The molecule has 1 aromatic carbocycles. The first kappa shape index (κ1) is 12.0. The third-order valence-corrected chi connectivity index (χ3v) is 2.35. The van der Waals surface area contributed by atoms with Gasteiger partial charge in [0, 0.05) is 6.20 Å². The van der Waals surface area contributed by atoms with Gasteiger partial charge in [-0.1, -0.05) is 0 Å². The Morgan fingerprint density at radius 2 is 2.17 bits per heavy atom. The van der Waals surface area contributed by atoms with Gasteiger partial charge in [0.15, 0.2) is 0 Å². The van der Waals surface area contributed by atoms with Crippen LogP contribution in [0.5, 0.6) is 0 Å². The number of carbonyl (C=O) groups excluding carboxylic acids is 1. The highest BCUT2D eigenvalue weighted by molar-refractivity contribution is 5.90. The second-order valence-electron chi connectivity index (χ2n) is 3.51. The van der Waals surface area contributed by atoms with E-state index >= 15 is 0 Å². The first-order chi connectivity index (χ1) is 8.61. The number of ether oxygens (including phenoxy) is 1. The second kappa shape index (κ2) is 4.79. The molecule has 1 aromatic heterocycles. The summed E-state index contributed by atoms with van der Waals surface area (Å²) < 4.78 is 17.9. The summed E-state index contributed by atoms with van der Waals surface area (Å²) in [5.41, 5.74) is 0.0778. The highest BCUT2D eigenvalue weighted by atomic mass is 19.1. The summed E-state index contributed by atoms with van der Waals surface area (Å²) in [5, 5.41) is 0. The van der Waals surface area contributed by atoms with Gasteiger partial charge in [-0.2, -0.15) is 0 Å². The first-order valence-electron chi connectivity index (χ1n) is 5.04. The average molecular weight is 248 g/mol. The van der Waals surface area contributed by atoms with Crippen LogP contribution in [0.1, 0.15) is 10.4 Å². The van der Waals surface area contributed by atoms with Crippen molar-refractivity contribution in [3.8, 4) is 11.1 Å². The molecule has 0 aliphatic heterocycles. The van der Waals surface area contributed by atoms with Gasteiger partial charge in [-0.15, -0.1) is 0 Å². The predicted molar refractivity (Wildman–Crippen MR) is 61.6 cm³/mol. The van der Waals surface area contributed by atoms with Gasteiger partial charge < -0.3 is 9.72 Å². The van der Waals surface area contributed by atoms with Gasteiger partial charge in [-0.25, -0.2) is 14.2 Å². The third kappa shape index (κ3) is 2.27. The summed E-state index contributed by atoms with van der Waals surface area (Å²) in [5.74, 6) is -1.30. The van der Waals surface area contributed by atoms with Crippen molar-refractivity contribution >= 4 is 5.97 Å². The number of carbonyl (C=O) groups is 1. The van der Waals surface area contributed by atoms with E-state index < -0.39 is 17.3 Å². The number of nitrogens with one attached hydrogen (secondary N) is 1. The van der Waals surface area contributed by atoms with E-state index in [2.05, 4.69) is 14.7 Å². The number of halogens is 1. The standard InChI is InChI=1S/C12H9FN2O3/c1-18-12(17)8-2-7(3-9(13)4-8)10-5-14-6-15-11(10)16/h2-6H,1H3,(H,14,15,16). The largest absolute Gasteiger partial charge is 0.465 e. The zero-order valence-corrected chi connectivity index (χ0v) is 9.44. The van der Waals surface area contributed by atoms with Gasteiger partial charge in [0.05, 0.1) is 24.6 Å². The molecule has 0 saturated carbocycles. The Kier molecular flexibility index (Phi) is 3.18. The molecule has 1 heterocycles. The lowest BCUT2D eigenvalue weighted by Crippen LogP contribution is -2.09. The number of hydrogen-bond acceptors (Lipinski definition) is 4. The zero-order chi connectivity index (χ0) is 13.1. The van der Waals surface area contributed by atoms with Crippen LogP contribution in [0, 0.1) is 5.82 Å². The number of hydrogen-bond donors (Lipinski definition) is 1. The second-order valence-corrected chi connectivity index (χ2v) is 3.51. The summed E-state index contributed by atoms with van der Waals surface area (Å²) in [7, 11) is 1.20. The monoisotopic (exact) mass is 248 g/mol. The Morgan fingerprint density at radius 1 is 1.39 bits per heavy atom. The molecule has 0 amide bonds. The lowest BCUT2D eigenvalue weighted by atomic mass is 10.1. The maximum atomic E-state index is 13.4. The fourth-order valence-electron chi connectivity index (χ4n) is 1.53. The maximum Gasteiger partial charge on any atom is 0.337 e. The maximum absolute atomic E-state index is 13.4. The number of esters is 1. The molecule has 0 atom stereocenters. The Hall–Kier alpha value is -2.50. The number of aromatic amines is 1. The van der Waals surface area contributed by atoms with Crippen molar-refractivity contribution in [2.24, 2.45) is 0 Å². The quantitative estimate of drug-likeness (QED) is 0.814. The van der Waals surface area contributed by atoms with Crippen LogP contribution in [0.3, 0.4) is 0 Å². The van der Waals surface area contributed by atoms with Crippen LogP contribution in [-0.2, 0) is 4.74 Å². The van der Waals surface area contributed by atoms with Crippen LogP contribution in [0.2, 0.25) is 0 Å². The van der Waals surface area contributed by atoms with Gasteiger partial charge in [-0.3, -0.25) is 4.79 Å².